The normalized spacial score (nSPS) is 11.9. The highest BCUT2D eigenvalue weighted by molar-refractivity contribution is 7.92. The van der Waals surface area contributed by atoms with Crippen LogP contribution in [0.2, 0.25) is 20.1 Å². The predicted molar refractivity (Wildman–Crippen MR) is 186 cm³/mol. The van der Waals surface area contributed by atoms with E-state index in [0.29, 0.717) is 22.2 Å². The number of nitrogens with one attached hydrogen (secondary N) is 1. The van der Waals surface area contributed by atoms with Crippen LogP contribution >= 0.6 is 46.4 Å². The second-order valence-electron chi connectivity index (χ2n) is 10.5. The Morgan fingerprint density at radius 3 is 2.07 bits per heavy atom. The summed E-state index contributed by atoms with van der Waals surface area (Å²) in [5.41, 5.74) is 1.22. The fourth-order valence-electron chi connectivity index (χ4n) is 4.82. The maximum Gasteiger partial charge on any atom is 0.264 e. The van der Waals surface area contributed by atoms with Crippen LogP contribution in [0.4, 0.5) is 5.69 Å². The van der Waals surface area contributed by atoms with E-state index in [9.17, 15) is 18.0 Å². The first kappa shape index (κ1) is 35.6. The highest BCUT2D eigenvalue weighted by Gasteiger charge is 2.35. The standard InChI is InChI=1S/C34H33Cl4N3O4S/c1-2-3-19-39-34(43)32(20-24-11-6-4-7-12-24)40(22-27-28(36)15-10-16-29(27)37)33(42)23-41(31-21-25(35)17-18-30(31)38)46(44,45)26-13-8-5-9-14-26/h4-18,21,32H,2-3,19-20,22-23H2,1H3,(H,39,43). The van der Waals surface area contributed by atoms with E-state index in [2.05, 4.69) is 5.32 Å². The maximum absolute atomic E-state index is 14.6. The van der Waals surface area contributed by atoms with Gasteiger partial charge >= 0.3 is 0 Å². The van der Waals surface area contributed by atoms with E-state index >= 15 is 0 Å². The highest BCUT2D eigenvalue weighted by atomic mass is 35.5. The molecule has 0 aromatic heterocycles. The molecule has 0 spiro atoms. The molecule has 4 aromatic carbocycles. The van der Waals surface area contributed by atoms with Crippen molar-refractivity contribution >= 4 is 73.9 Å². The monoisotopic (exact) mass is 719 g/mol. The summed E-state index contributed by atoms with van der Waals surface area (Å²) in [6.07, 6.45) is 1.74. The van der Waals surface area contributed by atoms with Gasteiger partial charge < -0.3 is 10.2 Å². The van der Waals surface area contributed by atoms with E-state index in [1.807, 2.05) is 37.3 Å². The molecule has 0 bridgehead atoms. The molecule has 4 aromatic rings. The third kappa shape index (κ3) is 8.96. The fraction of sp³-hybridized carbons (Fsp3) is 0.235. The molecule has 0 saturated carbocycles. The van der Waals surface area contributed by atoms with Crippen LogP contribution in [0.1, 0.15) is 30.9 Å². The van der Waals surface area contributed by atoms with Crippen molar-refractivity contribution in [3.05, 3.63) is 128 Å². The summed E-state index contributed by atoms with van der Waals surface area (Å²) in [7, 11) is -4.34. The van der Waals surface area contributed by atoms with Crippen LogP contribution in [0, 0.1) is 0 Å². The highest BCUT2D eigenvalue weighted by Crippen LogP contribution is 2.34. The zero-order valence-corrected chi connectivity index (χ0v) is 28.8. The van der Waals surface area contributed by atoms with Crippen molar-refractivity contribution in [2.45, 2.75) is 43.7 Å². The molecule has 0 aliphatic heterocycles. The van der Waals surface area contributed by atoms with Gasteiger partial charge in [-0.25, -0.2) is 8.42 Å². The van der Waals surface area contributed by atoms with Crippen molar-refractivity contribution < 1.29 is 18.0 Å². The molecule has 1 N–H and O–H groups in total. The Morgan fingerprint density at radius 1 is 0.804 bits per heavy atom. The average Bonchev–Trinajstić information content (AvgIpc) is 3.04. The van der Waals surface area contributed by atoms with Crippen molar-refractivity contribution in [1.82, 2.24) is 10.2 Å². The minimum Gasteiger partial charge on any atom is -0.354 e. The van der Waals surface area contributed by atoms with Crippen molar-refractivity contribution in [1.29, 1.82) is 0 Å². The van der Waals surface area contributed by atoms with Crippen LogP contribution in [-0.2, 0) is 32.6 Å². The summed E-state index contributed by atoms with van der Waals surface area (Å²) in [6.45, 7) is 1.54. The Morgan fingerprint density at radius 2 is 1.43 bits per heavy atom. The molecule has 0 aliphatic rings. The van der Waals surface area contributed by atoms with E-state index < -0.39 is 34.4 Å². The number of carbonyl (C=O) groups excluding carboxylic acids is 2. The lowest BCUT2D eigenvalue weighted by atomic mass is 10.0. The minimum atomic E-state index is -4.34. The Balaban J connectivity index is 1.85. The Hall–Kier alpha value is -3.27. The molecule has 0 radical (unpaired) electrons. The second kappa shape index (κ2) is 16.5. The van der Waals surface area contributed by atoms with Crippen LogP contribution in [0.5, 0.6) is 0 Å². The SMILES string of the molecule is CCCCNC(=O)C(Cc1ccccc1)N(Cc1c(Cl)cccc1Cl)C(=O)CN(c1cc(Cl)ccc1Cl)S(=O)(=O)c1ccccc1. The first-order chi connectivity index (χ1) is 22.0. The van der Waals surface area contributed by atoms with E-state index in [1.165, 1.54) is 35.2 Å². The van der Waals surface area contributed by atoms with Crippen LogP contribution in [-0.4, -0.2) is 44.3 Å². The molecular weight excluding hydrogens is 688 g/mol. The number of rotatable bonds is 14. The average molecular weight is 722 g/mol. The molecule has 12 heteroatoms. The van der Waals surface area contributed by atoms with E-state index in [1.54, 1.807) is 36.4 Å². The number of nitrogens with zero attached hydrogens (tertiary/aromatic N) is 2. The first-order valence-corrected chi connectivity index (χ1v) is 17.5. The van der Waals surface area contributed by atoms with E-state index in [-0.39, 0.29) is 33.6 Å². The van der Waals surface area contributed by atoms with Gasteiger partial charge in [-0.15, -0.1) is 0 Å². The van der Waals surface area contributed by atoms with Gasteiger partial charge in [0.15, 0.2) is 0 Å². The lowest BCUT2D eigenvalue weighted by molar-refractivity contribution is -0.140. The maximum atomic E-state index is 14.6. The largest absolute Gasteiger partial charge is 0.354 e. The molecule has 0 heterocycles. The number of halogens is 4. The number of anilines is 1. The summed E-state index contributed by atoms with van der Waals surface area (Å²) < 4.78 is 29.2. The number of hydrogen-bond donors (Lipinski definition) is 1. The van der Waals surface area contributed by atoms with Crippen LogP contribution in [0.3, 0.4) is 0 Å². The predicted octanol–water partition coefficient (Wildman–Crippen LogP) is 8.05. The molecule has 7 nitrogen and oxygen atoms in total. The zero-order valence-electron chi connectivity index (χ0n) is 25.0. The summed E-state index contributed by atoms with van der Waals surface area (Å²) in [4.78, 5) is 29.7. The van der Waals surface area contributed by atoms with Gasteiger partial charge in [-0.1, -0.05) is 114 Å². The van der Waals surface area contributed by atoms with Gasteiger partial charge in [-0.2, -0.15) is 0 Å². The second-order valence-corrected chi connectivity index (χ2v) is 14.0. The Bertz CT molecular complexity index is 1740. The molecule has 242 valence electrons. The van der Waals surface area contributed by atoms with Gasteiger partial charge in [-0.3, -0.25) is 13.9 Å². The van der Waals surface area contributed by atoms with Gasteiger partial charge in [0, 0.05) is 40.1 Å². The van der Waals surface area contributed by atoms with Gasteiger partial charge in [0.2, 0.25) is 11.8 Å². The number of sulfonamides is 1. The molecule has 46 heavy (non-hydrogen) atoms. The van der Waals surface area contributed by atoms with Crippen molar-refractivity contribution in [2.24, 2.45) is 0 Å². The van der Waals surface area contributed by atoms with E-state index in [0.717, 1.165) is 22.7 Å². The lowest BCUT2D eigenvalue weighted by Crippen LogP contribution is -2.53. The molecule has 2 amide bonds. The van der Waals surface area contributed by atoms with E-state index in [4.69, 9.17) is 46.4 Å². The lowest BCUT2D eigenvalue weighted by Gasteiger charge is -2.34. The summed E-state index contributed by atoms with van der Waals surface area (Å²) in [5.74, 6) is -1.08. The molecule has 0 fully saturated rings. The minimum absolute atomic E-state index is 0.00843. The number of unbranched alkanes of at least 4 members (excludes halogenated alkanes) is 1. The smallest absolute Gasteiger partial charge is 0.264 e. The molecule has 0 saturated heterocycles. The number of amides is 2. The fourth-order valence-corrected chi connectivity index (χ4v) is 7.22. The summed E-state index contributed by atoms with van der Waals surface area (Å²) >= 11 is 25.9. The van der Waals surface area contributed by atoms with Gasteiger partial charge in [-0.05, 0) is 54.4 Å². The first-order valence-electron chi connectivity index (χ1n) is 14.6. The molecule has 0 aliphatic carbocycles. The van der Waals surface area contributed by atoms with Gasteiger partial charge in [0.25, 0.3) is 10.0 Å². The number of benzene rings is 4. The summed E-state index contributed by atoms with van der Waals surface area (Å²) in [5, 5.41) is 3.81. The van der Waals surface area contributed by atoms with Crippen LogP contribution < -0.4 is 9.62 Å². The topological polar surface area (TPSA) is 86.8 Å². The molecular formula is C34H33Cl4N3O4S. The van der Waals surface area contributed by atoms with Crippen molar-refractivity contribution in [2.75, 3.05) is 17.4 Å². The number of carbonyl (C=O) groups is 2. The van der Waals surface area contributed by atoms with Gasteiger partial charge in [0.05, 0.1) is 15.6 Å². The van der Waals surface area contributed by atoms with Crippen molar-refractivity contribution in [3.63, 3.8) is 0 Å². The van der Waals surface area contributed by atoms with Crippen LogP contribution in [0.25, 0.3) is 0 Å². The quantitative estimate of drug-likeness (QED) is 0.134. The third-order valence-corrected chi connectivity index (χ3v) is 10.3. The summed E-state index contributed by atoms with van der Waals surface area (Å²) in [6, 6.07) is 25.2. The molecule has 1 unspecified atom stereocenters. The van der Waals surface area contributed by atoms with Crippen LogP contribution in [0.15, 0.2) is 102 Å². The zero-order chi connectivity index (χ0) is 33.3. The van der Waals surface area contributed by atoms with Gasteiger partial charge in [0.1, 0.15) is 12.6 Å². The van der Waals surface area contributed by atoms with Crippen molar-refractivity contribution in [3.8, 4) is 0 Å². The number of hydrogen-bond acceptors (Lipinski definition) is 4. The Labute approximate surface area is 290 Å². The third-order valence-electron chi connectivity index (χ3n) is 7.28. The molecule has 1 atom stereocenters. The molecule has 4 rings (SSSR count). The Kier molecular flexibility index (Phi) is 12.8.